The molecule has 58 heavy (non-hydrogen) atoms. The number of rotatable bonds is 11. The van der Waals surface area contributed by atoms with Crippen LogP contribution in [-0.4, -0.2) is 98.9 Å². The number of likely N-dealkylation sites (tertiary alicyclic amines) is 1. The van der Waals surface area contributed by atoms with Crippen molar-refractivity contribution < 1.29 is 33.4 Å². The molecule has 2 aliphatic heterocycles. The van der Waals surface area contributed by atoms with Crippen molar-refractivity contribution in [2.45, 2.75) is 104 Å². The van der Waals surface area contributed by atoms with Gasteiger partial charge in [-0.2, -0.15) is 0 Å². The molecule has 310 valence electrons. The van der Waals surface area contributed by atoms with Crippen LogP contribution in [0.15, 0.2) is 36.7 Å². The SMILES string of the molecule is COC(=O)N[C@H](C(=O)N1CCC[C@H]1c1ncc(-c2sc(-c3ccc(-c4cnc([C@@H]5COC(C)(C)N5C(=O)[C@@H](NC(=O)OC)C(C)C)[nH]4)cc3)c3c2CCC3)[nH]1)C(C)C. The highest BCUT2D eigenvalue weighted by atomic mass is 32.1. The molecule has 3 aromatic heterocycles. The van der Waals surface area contributed by atoms with Crippen LogP contribution in [0.2, 0.25) is 0 Å². The number of H-pyrrole nitrogens is 2. The Kier molecular flexibility index (Phi) is 11.7. The largest absolute Gasteiger partial charge is 0.453 e. The first kappa shape index (κ1) is 41.0. The molecule has 4 amide bonds. The number of fused-ring (bicyclic) bond motifs is 1. The fourth-order valence-electron chi connectivity index (χ4n) is 8.46. The van der Waals surface area contributed by atoms with Crippen molar-refractivity contribution >= 4 is 35.3 Å². The molecule has 2 saturated heterocycles. The first-order valence-corrected chi connectivity index (χ1v) is 20.9. The van der Waals surface area contributed by atoms with Gasteiger partial charge in [0.1, 0.15) is 35.5 Å². The summed E-state index contributed by atoms with van der Waals surface area (Å²) in [6, 6.07) is 6.26. The average molecular weight is 815 g/mol. The van der Waals surface area contributed by atoms with Crippen LogP contribution in [0.5, 0.6) is 0 Å². The van der Waals surface area contributed by atoms with E-state index in [1.165, 1.54) is 35.1 Å². The Morgan fingerprint density at radius 3 is 1.97 bits per heavy atom. The third kappa shape index (κ3) is 7.83. The van der Waals surface area contributed by atoms with Crippen molar-refractivity contribution in [1.29, 1.82) is 0 Å². The number of imidazole rings is 2. The molecule has 0 unspecified atom stereocenters. The second-order valence-corrected chi connectivity index (χ2v) is 17.4. The van der Waals surface area contributed by atoms with Gasteiger partial charge in [0.25, 0.3) is 0 Å². The monoisotopic (exact) mass is 814 g/mol. The molecule has 4 N–H and O–H groups in total. The fraction of sp³-hybridized carbons (Fsp3) is 0.524. The standard InChI is InChI=1S/C42H54N8O7S/c1-22(2)32(47-40(53)55-7)38(51)49-18-10-13-30(49)36-44-20-29(46-36)35-27-12-9-11-26(27)34(58-35)25-16-14-24(15-17-25)28-19-43-37(45-28)31-21-57-42(5,6)50(31)39(52)33(23(3)4)48-41(54)56-8/h14-17,19-20,22-23,30-33H,9-13,18,21H2,1-8H3,(H,43,45)(H,44,46)(H,47,53)(H,48,54)/t30-,31-,32-,33-/m0/s1. The first-order valence-electron chi connectivity index (χ1n) is 20.0. The second kappa shape index (κ2) is 16.6. The summed E-state index contributed by atoms with van der Waals surface area (Å²) in [6.07, 6.45) is 7.10. The zero-order chi connectivity index (χ0) is 41.5. The van der Waals surface area contributed by atoms with E-state index in [4.69, 9.17) is 24.2 Å². The summed E-state index contributed by atoms with van der Waals surface area (Å²) in [5.74, 6) is 0.653. The molecule has 0 bridgehead atoms. The molecule has 1 aliphatic carbocycles. The van der Waals surface area contributed by atoms with Gasteiger partial charge in [-0.1, -0.05) is 52.0 Å². The number of hydrogen-bond acceptors (Lipinski definition) is 10. The summed E-state index contributed by atoms with van der Waals surface area (Å²) in [4.78, 5) is 74.3. The van der Waals surface area contributed by atoms with Crippen molar-refractivity contribution in [2.75, 3.05) is 27.4 Å². The molecule has 0 spiro atoms. The Hall–Kier alpha value is -5.22. The number of ether oxygens (including phenoxy) is 3. The molecule has 4 atom stereocenters. The maximum atomic E-state index is 13.9. The lowest BCUT2D eigenvalue weighted by atomic mass is 10.0. The summed E-state index contributed by atoms with van der Waals surface area (Å²) in [6.45, 7) is 12.1. The lowest BCUT2D eigenvalue weighted by Crippen LogP contribution is -2.56. The van der Waals surface area contributed by atoms with E-state index in [0.717, 1.165) is 60.4 Å². The Bertz CT molecular complexity index is 2150. The van der Waals surface area contributed by atoms with Crippen LogP contribution in [-0.2, 0) is 36.6 Å². The van der Waals surface area contributed by atoms with Crippen LogP contribution in [0.1, 0.15) is 95.7 Å². The fourth-order valence-corrected chi connectivity index (χ4v) is 9.83. The maximum Gasteiger partial charge on any atom is 0.407 e. The molecule has 7 rings (SSSR count). The van der Waals surface area contributed by atoms with E-state index < -0.39 is 36.0 Å². The number of alkyl carbamates (subject to hydrolysis) is 2. The van der Waals surface area contributed by atoms with Gasteiger partial charge in [0.05, 0.1) is 55.5 Å². The number of carbonyl (C=O) groups is 4. The van der Waals surface area contributed by atoms with Gasteiger partial charge in [-0.25, -0.2) is 19.6 Å². The Morgan fingerprint density at radius 1 is 0.793 bits per heavy atom. The first-order chi connectivity index (χ1) is 27.7. The predicted molar refractivity (Wildman–Crippen MR) is 219 cm³/mol. The molecule has 3 aliphatic rings. The highest BCUT2D eigenvalue weighted by molar-refractivity contribution is 7.19. The highest BCUT2D eigenvalue weighted by Crippen LogP contribution is 2.47. The number of nitrogens with one attached hydrogen (secondary N) is 4. The number of aromatic amines is 2. The summed E-state index contributed by atoms with van der Waals surface area (Å²) in [5, 5.41) is 5.41. The van der Waals surface area contributed by atoms with Crippen LogP contribution < -0.4 is 10.6 Å². The van der Waals surface area contributed by atoms with Gasteiger partial charge in [-0.3, -0.25) is 9.59 Å². The summed E-state index contributed by atoms with van der Waals surface area (Å²) in [5.41, 5.74) is 5.64. The van der Waals surface area contributed by atoms with Crippen molar-refractivity contribution in [1.82, 2.24) is 40.4 Å². The minimum atomic E-state index is -0.920. The van der Waals surface area contributed by atoms with E-state index in [1.54, 1.807) is 22.4 Å². The van der Waals surface area contributed by atoms with Crippen LogP contribution in [0.3, 0.4) is 0 Å². The molecular formula is C42H54N8O7S. The van der Waals surface area contributed by atoms with Crippen LogP contribution in [0, 0.1) is 11.8 Å². The van der Waals surface area contributed by atoms with Gasteiger partial charge < -0.3 is 44.6 Å². The summed E-state index contributed by atoms with van der Waals surface area (Å²) >= 11 is 1.76. The van der Waals surface area contributed by atoms with E-state index in [1.807, 2.05) is 52.6 Å². The number of hydrogen-bond donors (Lipinski definition) is 4. The highest BCUT2D eigenvalue weighted by Gasteiger charge is 2.48. The molecule has 0 radical (unpaired) electrons. The van der Waals surface area contributed by atoms with Gasteiger partial charge >= 0.3 is 12.2 Å². The van der Waals surface area contributed by atoms with Crippen molar-refractivity contribution in [2.24, 2.45) is 11.8 Å². The van der Waals surface area contributed by atoms with Crippen molar-refractivity contribution in [3.8, 4) is 32.3 Å². The van der Waals surface area contributed by atoms with E-state index in [-0.39, 0.29) is 36.3 Å². The van der Waals surface area contributed by atoms with Gasteiger partial charge in [-0.05, 0) is 80.0 Å². The lowest BCUT2D eigenvalue weighted by molar-refractivity contribution is -0.149. The number of nitrogens with zero attached hydrogens (tertiary/aromatic N) is 4. The number of amides is 4. The molecule has 2 fully saturated rings. The van der Waals surface area contributed by atoms with Gasteiger partial charge in [0.15, 0.2) is 0 Å². The molecule has 1 aromatic carbocycles. The van der Waals surface area contributed by atoms with Crippen molar-refractivity contribution in [3.63, 3.8) is 0 Å². The van der Waals surface area contributed by atoms with Crippen LogP contribution >= 0.6 is 11.3 Å². The number of methoxy groups -OCH3 is 2. The van der Waals surface area contributed by atoms with Crippen molar-refractivity contribution in [3.05, 3.63) is 59.4 Å². The Labute approximate surface area is 342 Å². The lowest BCUT2D eigenvalue weighted by Gasteiger charge is -2.36. The number of aromatic nitrogens is 4. The van der Waals surface area contributed by atoms with Gasteiger partial charge in [0, 0.05) is 11.4 Å². The average Bonchev–Trinajstić information content (AvgIpc) is 4.05. The summed E-state index contributed by atoms with van der Waals surface area (Å²) < 4.78 is 15.7. The second-order valence-electron chi connectivity index (χ2n) is 16.4. The molecular weight excluding hydrogens is 761 g/mol. The predicted octanol–water partition coefficient (Wildman–Crippen LogP) is 6.74. The van der Waals surface area contributed by atoms with E-state index in [9.17, 15) is 19.2 Å². The number of thiophene rings is 1. The van der Waals surface area contributed by atoms with Gasteiger partial charge in [-0.15, -0.1) is 11.3 Å². The zero-order valence-corrected chi connectivity index (χ0v) is 35.2. The molecule has 15 nitrogen and oxygen atoms in total. The van der Waals surface area contributed by atoms with E-state index in [0.29, 0.717) is 12.4 Å². The smallest absolute Gasteiger partial charge is 0.407 e. The number of benzene rings is 1. The Morgan fingerprint density at radius 2 is 1.34 bits per heavy atom. The third-order valence-electron chi connectivity index (χ3n) is 11.5. The molecule has 5 heterocycles. The Balaban J connectivity index is 1.09. The quantitative estimate of drug-likeness (QED) is 0.127. The van der Waals surface area contributed by atoms with Crippen LogP contribution in [0.25, 0.3) is 32.3 Å². The zero-order valence-electron chi connectivity index (χ0n) is 34.4. The summed E-state index contributed by atoms with van der Waals surface area (Å²) in [7, 11) is 2.57. The molecule has 16 heteroatoms. The van der Waals surface area contributed by atoms with E-state index >= 15 is 0 Å². The van der Waals surface area contributed by atoms with Gasteiger partial charge in [0.2, 0.25) is 11.8 Å². The normalized spacial score (nSPS) is 19.7. The topological polar surface area (TPSA) is 184 Å². The van der Waals surface area contributed by atoms with Crippen LogP contribution in [0.4, 0.5) is 9.59 Å². The number of carbonyl (C=O) groups excluding carboxylic acids is 4. The minimum Gasteiger partial charge on any atom is -0.453 e. The molecule has 0 saturated carbocycles. The maximum absolute atomic E-state index is 13.9. The van der Waals surface area contributed by atoms with E-state index in [2.05, 4.69) is 44.9 Å². The third-order valence-corrected chi connectivity index (χ3v) is 12.9. The minimum absolute atomic E-state index is 0.108. The molecule has 4 aromatic rings.